The van der Waals surface area contributed by atoms with Crippen LogP contribution in [0.4, 0.5) is 5.69 Å². The number of methoxy groups -OCH3 is 2. The molecule has 0 radical (unpaired) electrons. The minimum atomic E-state index is -0.588. The molecule has 0 unspecified atom stereocenters. The summed E-state index contributed by atoms with van der Waals surface area (Å²) in [6.45, 7) is 1.65. The van der Waals surface area contributed by atoms with E-state index >= 15 is 0 Å². The molecule has 1 saturated heterocycles. The van der Waals surface area contributed by atoms with Crippen molar-refractivity contribution in [1.82, 2.24) is 10.2 Å². The molecule has 0 aromatic heterocycles. The van der Waals surface area contributed by atoms with Crippen LogP contribution in [0.1, 0.15) is 18.4 Å². The van der Waals surface area contributed by atoms with Crippen LogP contribution in [0.5, 0.6) is 11.5 Å². The summed E-state index contributed by atoms with van der Waals surface area (Å²) in [5.41, 5.74) is 1.37. The average molecular weight is 422 g/mol. The Labute approximate surface area is 181 Å². The number of hydrogen-bond acceptors (Lipinski definition) is 6. The van der Waals surface area contributed by atoms with E-state index in [1.54, 1.807) is 26.4 Å². The minimum absolute atomic E-state index is 0.0704. The summed E-state index contributed by atoms with van der Waals surface area (Å²) in [5.74, 6) is 1.25. The van der Waals surface area contributed by atoms with Crippen LogP contribution in [0.2, 0.25) is 0 Å². The molecule has 1 fully saturated rings. The topological polar surface area (TPSA) is 92.3 Å². The quantitative estimate of drug-likeness (QED) is 0.744. The summed E-state index contributed by atoms with van der Waals surface area (Å²) in [4.78, 5) is 31.8. The number of anilines is 1. The number of benzene rings is 2. The molecule has 0 saturated carbocycles. The molecule has 0 atom stereocenters. The highest BCUT2D eigenvalue weighted by Gasteiger charge is 2.42. The van der Waals surface area contributed by atoms with Gasteiger partial charge in [0.25, 0.3) is 5.91 Å². The lowest BCUT2D eigenvalue weighted by Gasteiger charge is -2.36. The predicted molar refractivity (Wildman–Crippen MR) is 118 cm³/mol. The molecule has 1 spiro atoms. The van der Waals surface area contributed by atoms with Crippen LogP contribution in [-0.2, 0) is 9.59 Å². The number of ether oxygens (including phenoxy) is 2. The van der Waals surface area contributed by atoms with Gasteiger partial charge in [0.1, 0.15) is 22.9 Å². The first-order valence-corrected chi connectivity index (χ1v) is 10.2. The van der Waals surface area contributed by atoms with Gasteiger partial charge >= 0.3 is 0 Å². The lowest BCUT2D eigenvalue weighted by atomic mass is 9.98. The first-order valence-electron chi connectivity index (χ1n) is 10.2. The number of hydrogen-bond donors (Lipinski definition) is 2. The van der Waals surface area contributed by atoms with Crippen LogP contribution in [0, 0.1) is 0 Å². The Morgan fingerprint density at radius 1 is 1.03 bits per heavy atom. The standard InChI is InChI=1S/C23H26N4O4/c1-30-18-7-3-16(4-8-18)21-22(29)26-23(25-21)11-13-27(14-12-23)15-20(28)24-17-5-9-19(31-2)10-6-17/h3-10H,11-15H2,1-2H3,(H,24,28)(H,26,29). The SMILES string of the molecule is COc1ccc(NC(=O)CN2CCC3(CC2)N=C(c2ccc(OC)cc2)C(=O)N3)cc1. The van der Waals surface area contributed by atoms with Crippen molar-refractivity contribution in [3.05, 3.63) is 54.1 Å². The molecule has 4 rings (SSSR count). The molecule has 2 heterocycles. The number of piperidine rings is 1. The normalized spacial score (nSPS) is 17.7. The van der Waals surface area contributed by atoms with Gasteiger partial charge in [0.05, 0.1) is 20.8 Å². The van der Waals surface area contributed by atoms with E-state index in [0.29, 0.717) is 38.2 Å². The summed E-state index contributed by atoms with van der Waals surface area (Å²) >= 11 is 0. The van der Waals surface area contributed by atoms with Gasteiger partial charge in [-0.2, -0.15) is 0 Å². The van der Waals surface area contributed by atoms with Crippen molar-refractivity contribution < 1.29 is 19.1 Å². The van der Waals surface area contributed by atoms with Crippen LogP contribution in [0.15, 0.2) is 53.5 Å². The van der Waals surface area contributed by atoms with Gasteiger partial charge in [-0.05, 0) is 48.5 Å². The summed E-state index contributed by atoms with van der Waals surface area (Å²) in [6.07, 6.45) is 1.32. The molecule has 0 aliphatic carbocycles. The van der Waals surface area contributed by atoms with E-state index in [1.807, 2.05) is 36.4 Å². The zero-order valence-corrected chi connectivity index (χ0v) is 17.7. The number of nitrogens with zero attached hydrogens (tertiary/aromatic N) is 2. The van der Waals surface area contributed by atoms with Crippen molar-refractivity contribution in [3.63, 3.8) is 0 Å². The predicted octanol–water partition coefficient (Wildman–Crippen LogP) is 2.05. The Hall–Kier alpha value is -3.39. The maximum absolute atomic E-state index is 12.6. The first kappa shape index (κ1) is 20.9. The fraction of sp³-hybridized carbons (Fsp3) is 0.348. The highest BCUT2D eigenvalue weighted by Crippen LogP contribution is 2.29. The van der Waals surface area contributed by atoms with Crippen LogP contribution in [-0.4, -0.2) is 61.9 Å². The molecule has 0 bridgehead atoms. The largest absolute Gasteiger partial charge is 0.497 e. The smallest absolute Gasteiger partial charge is 0.272 e. The van der Waals surface area contributed by atoms with E-state index in [-0.39, 0.29) is 11.8 Å². The summed E-state index contributed by atoms with van der Waals surface area (Å²) < 4.78 is 10.3. The third-order valence-corrected chi connectivity index (χ3v) is 5.67. The lowest BCUT2D eigenvalue weighted by Crippen LogP contribution is -2.52. The van der Waals surface area contributed by atoms with Crippen molar-refractivity contribution in [2.24, 2.45) is 4.99 Å². The zero-order valence-electron chi connectivity index (χ0n) is 17.7. The van der Waals surface area contributed by atoms with E-state index in [4.69, 9.17) is 14.5 Å². The van der Waals surface area contributed by atoms with Gasteiger partial charge in [0.15, 0.2) is 0 Å². The van der Waals surface area contributed by atoms with Crippen molar-refractivity contribution in [3.8, 4) is 11.5 Å². The van der Waals surface area contributed by atoms with Gasteiger partial charge in [-0.1, -0.05) is 0 Å². The van der Waals surface area contributed by atoms with Crippen LogP contribution >= 0.6 is 0 Å². The van der Waals surface area contributed by atoms with E-state index in [0.717, 1.165) is 22.7 Å². The Morgan fingerprint density at radius 2 is 1.61 bits per heavy atom. The summed E-state index contributed by atoms with van der Waals surface area (Å²) in [5, 5.41) is 5.96. The molecule has 2 aliphatic rings. The van der Waals surface area contributed by atoms with E-state index < -0.39 is 5.66 Å². The summed E-state index contributed by atoms with van der Waals surface area (Å²) in [7, 11) is 3.21. The minimum Gasteiger partial charge on any atom is -0.497 e. The highest BCUT2D eigenvalue weighted by molar-refractivity contribution is 6.46. The van der Waals surface area contributed by atoms with Crippen molar-refractivity contribution >= 4 is 23.2 Å². The van der Waals surface area contributed by atoms with Gasteiger partial charge in [0, 0.05) is 37.2 Å². The third-order valence-electron chi connectivity index (χ3n) is 5.67. The monoisotopic (exact) mass is 422 g/mol. The Kier molecular flexibility index (Phi) is 5.90. The maximum atomic E-state index is 12.6. The summed E-state index contributed by atoms with van der Waals surface area (Å²) in [6, 6.07) is 14.6. The maximum Gasteiger partial charge on any atom is 0.272 e. The Balaban J connectivity index is 1.33. The zero-order chi connectivity index (χ0) is 21.8. The average Bonchev–Trinajstić information content (AvgIpc) is 3.12. The number of aliphatic imine (C=N–C) groups is 1. The van der Waals surface area contributed by atoms with E-state index in [2.05, 4.69) is 15.5 Å². The van der Waals surface area contributed by atoms with Gasteiger partial charge in [0.2, 0.25) is 5.91 Å². The number of carbonyl (C=O) groups excluding carboxylic acids is 2. The number of rotatable bonds is 6. The molecular formula is C23H26N4O4. The second kappa shape index (κ2) is 8.77. The molecule has 2 amide bonds. The fourth-order valence-corrected chi connectivity index (χ4v) is 3.90. The van der Waals surface area contributed by atoms with Crippen LogP contribution in [0.25, 0.3) is 0 Å². The Bertz CT molecular complexity index is 978. The van der Waals surface area contributed by atoms with Gasteiger partial charge in [-0.3, -0.25) is 19.5 Å². The van der Waals surface area contributed by atoms with Crippen molar-refractivity contribution in [2.75, 3.05) is 39.2 Å². The van der Waals surface area contributed by atoms with Crippen molar-refractivity contribution in [2.45, 2.75) is 18.5 Å². The van der Waals surface area contributed by atoms with Crippen LogP contribution < -0.4 is 20.1 Å². The molecule has 31 heavy (non-hydrogen) atoms. The number of likely N-dealkylation sites (tertiary alicyclic amines) is 1. The van der Waals surface area contributed by atoms with Crippen molar-refractivity contribution in [1.29, 1.82) is 0 Å². The molecule has 2 aliphatic heterocycles. The second-order valence-corrected chi connectivity index (χ2v) is 7.73. The van der Waals surface area contributed by atoms with Gasteiger partial charge in [-0.25, -0.2) is 0 Å². The number of carbonyl (C=O) groups is 2. The van der Waals surface area contributed by atoms with Gasteiger partial charge < -0.3 is 20.1 Å². The third kappa shape index (κ3) is 4.69. The highest BCUT2D eigenvalue weighted by atomic mass is 16.5. The molecule has 2 aromatic carbocycles. The van der Waals surface area contributed by atoms with Crippen LogP contribution in [0.3, 0.4) is 0 Å². The molecular weight excluding hydrogens is 396 g/mol. The molecule has 8 heteroatoms. The second-order valence-electron chi connectivity index (χ2n) is 7.73. The van der Waals surface area contributed by atoms with Gasteiger partial charge in [-0.15, -0.1) is 0 Å². The molecule has 2 aromatic rings. The molecule has 162 valence electrons. The van der Waals surface area contributed by atoms with E-state index in [9.17, 15) is 9.59 Å². The van der Waals surface area contributed by atoms with E-state index in [1.165, 1.54) is 0 Å². The fourth-order valence-electron chi connectivity index (χ4n) is 3.90. The molecule has 2 N–H and O–H groups in total. The molecule has 8 nitrogen and oxygen atoms in total. The number of nitrogens with one attached hydrogen (secondary N) is 2. The number of amides is 2. The Morgan fingerprint density at radius 3 is 2.19 bits per heavy atom. The first-order chi connectivity index (χ1) is 15.0. The lowest BCUT2D eigenvalue weighted by molar-refractivity contribution is -0.119.